The number of carboxylic acids is 1. The van der Waals surface area contributed by atoms with Crippen molar-refractivity contribution >= 4 is 28.6 Å². The largest absolute Gasteiger partial charge is 0.478 e. The molecule has 1 saturated heterocycles. The van der Waals surface area contributed by atoms with E-state index in [4.69, 9.17) is 37.6 Å². The Morgan fingerprint density at radius 1 is 1.20 bits per heavy atom. The molecule has 3 heterocycles. The summed E-state index contributed by atoms with van der Waals surface area (Å²) >= 11 is 5.98. The van der Waals surface area contributed by atoms with E-state index < -0.39 is 17.6 Å². The molecule has 3 aromatic carbocycles. The maximum atomic E-state index is 14.8. The number of likely N-dealkylation sites (tertiary alicyclic amines) is 1. The summed E-state index contributed by atoms with van der Waals surface area (Å²) in [6.07, 6.45) is 3.22. The minimum absolute atomic E-state index is 0.186. The van der Waals surface area contributed by atoms with Gasteiger partial charge in [0.2, 0.25) is 0 Å². The molecule has 10 nitrogen and oxygen atoms in total. The first-order valence-electron chi connectivity index (χ1n) is 14.9. The lowest BCUT2D eigenvalue weighted by Crippen LogP contribution is -2.35. The number of imidazole rings is 1. The number of halogens is 2. The van der Waals surface area contributed by atoms with Crippen molar-refractivity contribution in [2.75, 3.05) is 19.6 Å². The Morgan fingerprint density at radius 2 is 1.98 bits per heavy atom. The number of hydrogen-bond donors (Lipinski definition) is 3. The van der Waals surface area contributed by atoms with Crippen LogP contribution in [0.3, 0.4) is 0 Å². The summed E-state index contributed by atoms with van der Waals surface area (Å²) < 4.78 is 29.4. The molecule has 2 aliphatic heterocycles. The minimum atomic E-state index is -1.30. The summed E-state index contributed by atoms with van der Waals surface area (Å²) in [6.45, 7) is 6.74. The number of para-hydroxylation sites is 1. The van der Waals surface area contributed by atoms with E-state index in [9.17, 15) is 14.3 Å². The van der Waals surface area contributed by atoms with E-state index in [2.05, 4.69) is 11.0 Å². The summed E-state index contributed by atoms with van der Waals surface area (Å²) in [5, 5.41) is 11.5. The van der Waals surface area contributed by atoms with Gasteiger partial charge in [-0.3, -0.25) is 4.90 Å². The van der Waals surface area contributed by atoms with Gasteiger partial charge in [-0.25, -0.2) is 20.0 Å². The van der Waals surface area contributed by atoms with Crippen LogP contribution in [0.25, 0.3) is 11.0 Å². The van der Waals surface area contributed by atoms with Gasteiger partial charge in [-0.1, -0.05) is 23.7 Å². The van der Waals surface area contributed by atoms with Gasteiger partial charge in [-0.15, -0.1) is 0 Å². The number of carboxylic acid groups (broad SMARTS) is 1. The van der Waals surface area contributed by atoms with Crippen LogP contribution in [0.1, 0.15) is 59.9 Å². The lowest BCUT2D eigenvalue weighted by molar-refractivity contribution is -0.0712. The van der Waals surface area contributed by atoms with Crippen LogP contribution >= 0.6 is 11.6 Å². The van der Waals surface area contributed by atoms with Crippen LogP contribution in [0.2, 0.25) is 5.02 Å². The molecule has 5 N–H and O–H groups in total. The fourth-order valence-electron chi connectivity index (χ4n) is 6.25. The Morgan fingerprint density at radius 3 is 2.67 bits per heavy atom. The maximum absolute atomic E-state index is 14.8. The fraction of sp³-hybridized carbons (Fsp3) is 0.333. The predicted octanol–water partition coefficient (Wildman–Crippen LogP) is 5.55. The highest BCUT2D eigenvalue weighted by Crippen LogP contribution is 2.49. The fourth-order valence-corrected chi connectivity index (χ4v) is 6.41. The monoisotopic (exact) mass is 634 g/mol. The van der Waals surface area contributed by atoms with Crippen LogP contribution in [0.4, 0.5) is 4.39 Å². The quantitative estimate of drug-likeness (QED) is 0.160. The van der Waals surface area contributed by atoms with Crippen LogP contribution in [-0.2, 0) is 18.9 Å². The van der Waals surface area contributed by atoms with Crippen molar-refractivity contribution in [3.05, 3.63) is 99.8 Å². The third-order valence-corrected chi connectivity index (χ3v) is 8.96. The highest BCUT2D eigenvalue weighted by molar-refractivity contribution is 6.30. The van der Waals surface area contributed by atoms with Crippen LogP contribution < -0.4 is 21.1 Å². The number of hydrazine groups is 1. The van der Waals surface area contributed by atoms with Gasteiger partial charge in [0.1, 0.15) is 11.6 Å². The van der Waals surface area contributed by atoms with E-state index in [1.165, 1.54) is 12.3 Å². The van der Waals surface area contributed by atoms with Crippen molar-refractivity contribution in [1.29, 1.82) is 0 Å². The number of piperidine rings is 1. The molecule has 0 bridgehead atoms. The second-order valence-electron chi connectivity index (χ2n) is 11.6. The van der Waals surface area contributed by atoms with E-state index >= 15 is 0 Å². The molecule has 1 unspecified atom stereocenters. The topological polar surface area (TPSA) is 132 Å². The highest BCUT2D eigenvalue weighted by atomic mass is 35.5. The van der Waals surface area contributed by atoms with E-state index in [1.54, 1.807) is 42.3 Å². The summed E-state index contributed by atoms with van der Waals surface area (Å²) in [7, 11) is 0. The summed E-state index contributed by atoms with van der Waals surface area (Å²) in [5.41, 5.74) is 9.55. The second-order valence-corrected chi connectivity index (χ2v) is 12.0. The number of fused-ring (bicyclic) bond motifs is 2. The van der Waals surface area contributed by atoms with Crippen LogP contribution in [0, 0.1) is 5.82 Å². The molecule has 236 valence electrons. The second kappa shape index (κ2) is 12.2. The highest BCUT2D eigenvalue weighted by Gasteiger charge is 2.43. The van der Waals surface area contributed by atoms with Gasteiger partial charge in [-0.05, 0) is 81.2 Å². The molecule has 1 fully saturated rings. The van der Waals surface area contributed by atoms with E-state index in [-0.39, 0.29) is 17.0 Å². The number of benzene rings is 3. The number of ether oxygens (including phenoxy) is 2. The molecule has 4 aromatic rings. The number of carbonyl (C=O) groups is 1. The van der Waals surface area contributed by atoms with Gasteiger partial charge in [-0.2, -0.15) is 0 Å². The molecule has 45 heavy (non-hydrogen) atoms. The molecule has 2 aliphatic rings. The molecule has 1 atom stereocenters. The summed E-state index contributed by atoms with van der Waals surface area (Å²) in [5.74, 6) is 5.64. The zero-order valence-electron chi connectivity index (χ0n) is 25.2. The van der Waals surface area contributed by atoms with Gasteiger partial charge in [0.15, 0.2) is 11.5 Å². The Kier molecular flexibility index (Phi) is 8.34. The van der Waals surface area contributed by atoms with Gasteiger partial charge in [0, 0.05) is 30.3 Å². The third kappa shape index (κ3) is 5.90. The molecule has 0 amide bonds. The molecule has 0 saturated carbocycles. The van der Waals surface area contributed by atoms with Crippen LogP contribution in [-0.4, -0.2) is 50.2 Å². The van der Waals surface area contributed by atoms with Crippen molar-refractivity contribution in [3.8, 4) is 11.5 Å². The Hall–Kier alpha value is -4.32. The number of nitrogens with zero attached hydrogens (tertiary/aromatic N) is 4. The molecule has 0 radical (unpaired) electrons. The zero-order chi connectivity index (χ0) is 31.9. The Bertz CT molecular complexity index is 1790. The van der Waals surface area contributed by atoms with Crippen molar-refractivity contribution in [1.82, 2.24) is 19.5 Å². The van der Waals surface area contributed by atoms with Crippen molar-refractivity contribution in [3.63, 3.8) is 0 Å². The van der Waals surface area contributed by atoms with Gasteiger partial charge in [0.25, 0.3) is 5.79 Å². The molecule has 12 heteroatoms. The molecular weight excluding hydrogens is 599 g/mol. The Labute approximate surface area is 265 Å². The zero-order valence-corrected chi connectivity index (χ0v) is 25.9. The van der Waals surface area contributed by atoms with E-state index in [1.807, 2.05) is 23.6 Å². The molecule has 0 aliphatic carbocycles. The van der Waals surface area contributed by atoms with Crippen molar-refractivity contribution < 1.29 is 23.8 Å². The van der Waals surface area contributed by atoms with E-state index in [0.29, 0.717) is 52.9 Å². The first-order valence-corrected chi connectivity index (χ1v) is 15.3. The minimum Gasteiger partial charge on any atom is -0.478 e. The lowest BCUT2D eigenvalue weighted by atomic mass is 9.88. The van der Waals surface area contributed by atoms with Gasteiger partial charge < -0.3 is 29.9 Å². The third-order valence-electron chi connectivity index (χ3n) is 8.72. The number of aromatic nitrogens is 2. The summed E-state index contributed by atoms with van der Waals surface area (Å²) in [6, 6.07) is 15.3. The first kappa shape index (κ1) is 30.7. The molecule has 6 rings (SSSR count). The first-order chi connectivity index (χ1) is 21.6. The lowest BCUT2D eigenvalue weighted by Gasteiger charge is -2.32. The van der Waals surface area contributed by atoms with Crippen molar-refractivity contribution in [2.45, 2.75) is 51.5 Å². The summed E-state index contributed by atoms with van der Waals surface area (Å²) in [4.78, 5) is 19.0. The van der Waals surface area contributed by atoms with Gasteiger partial charge in [0.05, 0.1) is 40.9 Å². The number of allylic oxidation sites excluding steroid dienone is 1. The number of hydrogen-bond acceptors (Lipinski definition) is 8. The number of nitrogens with two attached hydrogens (primary N) is 2. The molecule has 1 aromatic heterocycles. The number of aromatic carboxylic acids is 1. The number of likely N-dealkylation sites (N-methyl/N-ethyl adjacent to an activating group) is 1. The maximum Gasteiger partial charge on any atom is 0.335 e. The standard InChI is InChI=1S/C33H36ClFN6O4/c1-3-41(37)23(17-36)18-40-28-15-21(32(42)43)7-10-27(28)38-30(40)19-39-13-11-20(12-14-39)24-5-4-6-29-31(24)45-33(2,44-29)25-9-8-22(34)16-26(25)35/h4-10,15-17,20H,3,11-14,18-19,36-37H2,1-2H3,(H,42,43)/b23-17-. The normalized spacial score (nSPS) is 18.9. The smallest absolute Gasteiger partial charge is 0.335 e. The van der Waals surface area contributed by atoms with Crippen molar-refractivity contribution in [2.24, 2.45) is 11.6 Å². The average Bonchev–Trinajstić information content (AvgIpc) is 3.55. The Balaban J connectivity index is 1.21. The van der Waals surface area contributed by atoms with Crippen LogP contribution in [0.5, 0.6) is 11.5 Å². The average molecular weight is 635 g/mol. The van der Waals surface area contributed by atoms with Gasteiger partial charge >= 0.3 is 5.97 Å². The predicted molar refractivity (Wildman–Crippen MR) is 169 cm³/mol. The number of rotatable bonds is 9. The SMILES string of the molecule is CCN(N)/C(=C\N)Cn1c(CN2CCC(c3cccc4c3OC(C)(c3ccc(Cl)cc3F)O4)CC2)nc2ccc(C(=O)O)cc21. The molecule has 0 spiro atoms. The van der Waals surface area contributed by atoms with Crippen LogP contribution in [0.15, 0.2) is 66.5 Å². The van der Waals surface area contributed by atoms with E-state index in [0.717, 1.165) is 37.3 Å². The molecular formula is C33H36ClFN6O4.